The first-order valence-corrected chi connectivity index (χ1v) is 9.63. The predicted octanol–water partition coefficient (Wildman–Crippen LogP) is 1.69. The molecule has 0 fully saturated rings. The fourth-order valence-corrected chi connectivity index (χ4v) is 2.81. The molecule has 1 heterocycles. The zero-order valence-electron chi connectivity index (χ0n) is 16.7. The van der Waals surface area contributed by atoms with E-state index in [0.717, 1.165) is 5.56 Å². The minimum absolute atomic E-state index is 0.0822. The van der Waals surface area contributed by atoms with Crippen molar-refractivity contribution >= 4 is 5.91 Å². The summed E-state index contributed by atoms with van der Waals surface area (Å²) in [5.41, 5.74) is 6.86. The summed E-state index contributed by atoms with van der Waals surface area (Å²) >= 11 is 0. The number of ether oxygens (including phenoxy) is 1. The molecule has 0 radical (unpaired) electrons. The Morgan fingerprint density at radius 1 is 1.16 bits per heavy atom. The van der Waals surface area contributed by atoms with Gasteiger partial charge in [0.25, 0.3) is 5.56 Å². The average Bonchev–Trinajstić information content (AvgIpc) is 2.77. The van der Waals surface area contributed by atoms with Gasteiger partial charge in [0, 0.05) is 6.54 Å². The lowest BCUT2D eigenvalue weighted by atomic mass is 10.2. The molecule has 5 N–H and O–H groups in total. The lowest BCUT2D eigenvalue weighted by molar-refractivity contribution is -0.120. The second-order valence-corrected chi connectivity index (χ2v) is 6.93. The SMILES string of the molecule is NC(COCc1ccccc1)c1nc(CC(=O)NCc2ccc(F)cc2)c(O)c(=O)[nH]1. The number of nitrogens with two attached hydrogens (primary N) is 1. The summed E-state index contributed by atoms with van der Waals surface area (Å²) in [5, 5.41) is 12.6. The minimum Gasteiger partial charge on any atom is -0.502 e. The van der Waals surface area contributed by atoms with E-state index in [2.05, 4.69) is 15.3 Å². The highest BCUT2D eigenvalue weighted by atomic mass is 19.1. The molecule has 0 bridgehead atoms. The molecular weight excluding hydrogens is 403 g/mol. The maximum atomic E-state index is 12.9. The Bertz CT molecular complexity index is 1070. The highest BCUT2D eigenvalue weighted by molar-refractivity contribution is 5.78. The van der Waals surface area contributed by atoms with Crippen molar-refractivity contribution in [1.29, 1.82) is 0 Å². The van der Waals surface area contributed by atoms with E-state index in [4.69, 9.17) is 10.5 Å². The third kappa shape index (κ3) is 6.46. The zero-order chi connectivity index (χ0) is 22.2. The average molecular weight is 426 g/mol. The summed E-state index contributed by atoms with van der Waals surface area (Å²) in [7, 11) is 0. The van der Waals surface area contributed by atoms with Crippen LogP contribution in [0.5, 0.6) is 5.75 Å². The van der Waals surface area contributed by atoms with Crippen molar-refractivity contribution in [2.45, 2.75) is 25.6 Å². The quantitative estimate of drug-likeness (QED) is 0.412. The van der Waals surface area contributed by atoms with Gasteiger partial charge in [-0.2, -0.15) is 0 Å². The number of nitrogens with one attached hydrogen (secondary N) is 2. The molecule has 3 aromatic rings. The molecule has 0 saturated carbocycles. The molecule has 3 rings (SSSR count). The Morgan fingerprint density at radius 2 is 1.87 bits per heavy atom. The fraction of sp³-hybridized carbons (Fsp3) is 0.227. The van der Waals surface area contributed by atoms with E-state index in [1.165, 1.54) is 12.1 Å². The number of carbonyl (C=O) groups is 1. The van der Waals surface area contributed by atoms with Crippen LogP contribution in [0.3, 0.4) is 0 Å². The van der Waals surface area contributed by atoms with Crippen molar-refractivity contribution in [3.63, 3.8) is 0 Å². The zero-order valence-corrected chi connectivity index (χ0v) is 16.7. The van der Waals surface area contributed by atoms with Crippen LogP contribution in [0.2, 0.25) is 0 Å². The fourth-order valence-electron chi connectivity index (χ4n) is 2.81. The molecule has 162 valence electrons. The molecule has 9 heteroatoms. The van der Waals surface area contributed by atoms with Gasteiger partial charge in [0.05, 0.1) is 31.4 Å². The summed E-state index contributed by atoms with van der Waals surface area (Å²) < 4.78 is 18.5. The smallest absolute Gasteiger partial charge is 0.293 e. The first-order chi connectivity index (χ1) is 14.9. The number of nitrogens with zero attached hydrogens (tertiary/aromatic N) is 1. The second kappa shape index (κ2) is 10.5. The van der Waals surface area contributed by atoms with Gasteiger partial charge in [-0.05, 0) is 23.3 Å². The van der Waals surface area contributed by atoms with Crippen LogP contribution in [0, 0.1) is 5.82 Å². The number of aromatic amines is 1. The van der Waals surface area contributed by atoms with Crippen LogP contribution in [0.1, 0.15) is 28.7 Å². The first-order valence-electron chi connectivity index (χ1n) is 9.63. The van der Waals surface area contributed by atoms with E-state index in [-0.39, 0.29) is 36.9 Å². The van der Waals surface area contributed by atoms with Gasteiger partial charge in [-0.25, -0.2) is 9.37 Å². The van der Waals surface area contributed by atoms with Gasteiger partial charge in [-0.15, -0.1) is 0 Å². The molecular formula is C22H23FN4O4. The standard InChI is InChI=1S/C22H23FN4O4/c23-16-8-6-14(7-9-16)11-25-19(28)10-18-20(29)22(30)27-21(26-18)17(24)13-31-12-15-4-2-1-3-5-15/h1-9,17,29H,10-13,24H2,(H,25,28)(H,26,27,30). The maximum Gasteiger partial charge on any atom is 0.293 e. The van der Waals surface area contributed by atoms with E-state index < -0.39 is 23.3 Å². The Labute approximate surface area is 177 Å². The van der Waals surface area contributed by atoms with Crippen molar-refractivity contribution in [2.75, 3.05) is 6.61 Å². The van der Waals surface area contributed by atoms with Crippen molar-refractivity contribution in [1.82, 2.24) is 15.3 Å². The molecule has 1 aromatic heterocycles. The van der Waals surface area contributed by atoms with Crippen LogP contribution < -0.4 is 16.6 Å². The number of H-pyrrole nitrogens is 1. The third-order valence-corrected chi connectivity index (χ3v) is 4.48. The van der Waals surface area contributed by atoms with Crippen molar-refractivity contribution in [2.24, 2.45) is 5.73 Å². The Balaban J connectivity index is 1.59. The van der Waals surface area contributed by atoms with Gasteiger partial charge in [0.15, 0.2) is 0 Å². The highest BCUT2D eigenvalue weighted by Crippen LogP contribution is 2.13. The number of halogens is 1. The van der Waals surface area contributed by atoms with Gasteiger partial charge in [-0.1, -0.05) is 42.5 Å². The van der Waals surface area contributed by atoms with Gasteiger partial charge >= 0.3 is 0 Å². The van der Waals surface area contributed by atoms with Crippen molar-refractivity contribution in [3.05, 3.63) is 93.4 Å². The van der Waals surface area contributed by atoms with Gasteiger partial charge < -0.3 is 25.9 Å². The number of benzene rings is 2. The van der Waals surface area contributed by atoms with Crippen LogP contribution in [-0.4, -0.2) is 27.6 Å². The molecule has 1 unspecified atom stereocenters. The van der Waals surface area contributed by atoms with E-state index in [0.29, 0.717) is 12.2 Å². The number of hydrogen-bond acceptors (Lipinski definition) is 6. The Kier molecular flexibility index (Phi) is 7.47. The molecule has 31 heavy (non-hydrogen) atoms. The third-order valence-electron chi connectivity index (χ3n) is 4.48. The van der Waals surface area contributed by atoms with Crippen molar-refractivity contribution in [3.8, 4) is 5.75 Å². The molecule has 0 aliphatic heterocycles. The number of carbonyl (C=O) groups excluding carboxylic acids is 1. The number of hydrogen-bond donors (Lipinski definition) is 4. The summed E-state index contributed by atoms with van der Waals surface area (Å²) in [4.78, 5) is 30.8. The lowest BCUT2D eigenvalue weighted by Crippen LogP contribution is -2.28. The van der Waals surface area contributed by atoms with Crippen LogP contribution >= 0.6 is 0 Å². The highest BCUT2D eigenvalue weighted by Gasteiger charge is 2.17. The summed E-state index contributed by atoms with van der Waals surface area (Å²) in [6.45, 7) is 0.594. The predicted molar refractivity (Wildman–Crippen MR) is 111 cm³/mol. The number of aromatic nitrogens is 2. The summed E-state index contributed by atoms with van der Waals surface area (Å²) in [5.74, 6) is -1.36. The largest absolute Gasteiger partial charge is 0.502 e. The van der Waals surface area contributed by atoms with Crippen molar-refractivity contribution < 1.29 is 19.0 Å². The molecule has 0 aliphatic rings. The Morgan fingerprint density at radius 3 is 2.58 bits per heavy atom. The van der Waals surface area contributed by atoms with E-state index in [1.807, 2.05) is 30.3 Å². The van der Waals surface area contributed by atoms with E-state index >= 15 is 0 Å². The topological polar surface area (TPSA) is 130 Å². The maximum absolute atomic E-state index is 12.9. The van der Waals surface area contributed by atoms with E-state index in [9.17, 15) is 19.1 Å². The number of aromatic hydroxyl groups is 1. The van der Waals surface area contributed by atoms with Gasteiger partial charge in [-0.3, -0.25) is 9.59 Å². The monoisotopic (exact) mass is 426 g/mol. The van der Waals surface area contributed by atoms with Gasteiger partial charge in [0.2, 0.25) is 11.7 Å². The van der Waals surface area contributed by atoms with Crippen LogP contribution in [-0.2, 0) is 29.1 Å². The molecule has 8 nitrogen and oxygen atoms in total. The Hall–Kier alpha value is -3.56. The molecule has 1 amide bonds. The lowest BCUT2D eigenvalue weighted by Gasteiger charge is -2.13. The summed E-state index contributed by atoms with van der Waals surface area (Å²) in [6.07, 6.45) is -0.318. The first kappa shape index (κ1) is 22.1. The minimum atomic E-state index is -0.787. The molecule has 0 spiro atoms. The summed E-state index contributed by atoms with van der Waals surface area (Å²) in [6, 6.07) is 14.4. The van der Waals surface area contributed by atoms with Crippen LogP contribution in [0.15, 0.2) is 59.4 Å². The van der Waals surface area contributed by atoms with Crippen LogP contribution in [0.25, 0.3) is 0 Å². The molecule has 0 saturated heterocycles. The molecule has 0 aliphatic carbocycles. The molecule has 1 atom stereocenters. The second-order valence-electron chi connectivity index (χ2n) is 6.93. The number of amides is 1. The molecule has 2 aromatic carbocycles. The van der Waals surface area contributed by atoms with E-state index in [1.54, 1.807) is 12.1 Å². The van der Waals surface area contributed by atoms with Crippen LogP contribution in [0.4, 0.5) is 4.39 Å². The number of rotatable bonds is 9. The van der Waals surface area contributed by atoms with Gasteiger partial charge in [0.1, 0.15) is 11.6 Å². The normalized spacial score (nSPS) is 11.8.